The van der Waals surface area contributed by atoms with Gasteiger partial charge in [0, 0.05) is 36.5 Å². The minimum atomic E-state index is -4.69. The summed E-state index contributed by atoms with van der Waals surface area (Å²) in [5, 5.41) is 2.25. The van der Waals surface area contributed by atoms with Crippen molar-refractivity contribution >= 4 is 40.4 Å². The van der Waals surface area contributed by atoms with Gasteiger partial charge in [-0.3, -0.25) is 14.6 Å². The number of pyridine rings is 2. The third-order valence-electron chi connectivity index (χ3n) is 4.99. The van der Waals surface area contributed by atoms with Gasteiger partial charge in [-0.1, -0.05) is 18.5 Å². The molecule has 0 saturated heterocycles. The van der Waals surface area contributed by atoms with E-state index in [1.807, 2.05) is 0 Å². The van der Waals surface area contributed by atoms with Crippen LogP contribution in [0.4, 0.5) is 19.0 Å². The molecule has 0 spiro atoms. The zero-order valence-corrected chi connectivity index (χ0v) is 20.0. The largest absolute Gasteiger partial charge is 0.418 e. The van der Waals surface area contributed by atoms with Crippen molar-refractivity contribution < 1.29 is 22.8 Å². The first-order valence-electron chi connectivity index (χ1n) is 10.4. The highest BCUT2D eigenvalue weighted by atomic mass is 35.5. The molecule has 4 rings (SSSR count). The number of rotatable bonds is 7. The Kier molecular flexibility index (Phi) is 7.36. The summed E-state index contributed by atoms with van der Waals surface area (Å²) in [7, 11) is 0. The van der Waals surface area contributed by atoms with Crippen molar-refractivity contribution in [3.63, 3.8) is 0 Å². The van der Waals surface area contributed by atoms with Crippen molar-refractivity contribution in [3.05, 3.63) is 81.5 Å². The van der Waals surface area contributed by atoms with Gasteiger partial charge < -0.3 is 5.32 Å². The maximum absolute atomic E-state index is 13.0. The zero-order chi connectivity index (χ0) is 25.9. The predicted octanol–water partition coefficient (Wildman–Crippen LogP) is 5.69. The van der Waals surface area contributed by atoms with Crippen LogP contribution in [0.15, 0.2) is 55.4 Å². The highest BCUT2D eigenvalue weighted by Crippen LogP contribution is 2.35. The van der Waals surface area contributed by atoms with Crippen LogP contribution in [-0.4, -0.2) is 36.6 Å². The van der Waals surface area contributed by atoms with Gasteiger partial charge in [-0.25, -0.2) is 19.9 Å². The first-order valence-corrected chi connectivity index (χ1v) is 11.6. The van der Waals surface area contributed by atoms with Gasteiger partial charge in [-0.2, -0.15) is 13.2 Å². The SMILES string of the molecule is C[C@H](CC(=O)c1cc(-c2ccncc2)ncn1)c1ncc(C(=O)Nc2cc(C(F)(F)F)c(Cl)cn2)s1. The van der Waals surface area contributed by atoms with Crippen molar-refractivity contribution in [1.29, 1.82) is 0 Å². The molecule has 0 bridgehead atoms. The second-order valence-electron chi connectivity index (χ2n) is 7.62. The molecule has 0 fully saturated rings. The highest BCUT2D eigenvalue weighted by molar-refractivity contribution is 7.13. The number of hydrogen-bond donors (Lipinski definition) is 1. The normalized spacial score (nSPS) is 12.2. The Labute approximate surface area is 211 Å². The Morgan fingerprint density at radius 1 is 1.08 bits per heavy atom. The van der Waals surface area contributed by atoms with E-state index in [4.69, 9.17) is 11.6 Å². The average Bonchev–Trinajstić information content (AvgIpc) is 3.36. The van der Waals surface area contributed by atoms with Gasteiger partial charge >= 0.3 is 6.18 Å². The molecule has 0 saturated carbocycles. The molecule has 1 N–H and O–H groups in total. The van der Waals surface area contributed by atoms with E-state index in [0.29, 0.717) is 16.8 Å². The minimum Gasteiger partial charge on any atom is -0.306 e. The molecule has 4 aromatic rings. The topological polar surface area (TPSA) is 111 Å². The molecular formula is C23H16ClF3N6O2S. The first kappa shape index (κ1) is 25.3. The van der Waals surface area contributed by atoms with Crippen LogP contribution < -0.4 is 5.32 Å². The van der Waals surface area contributed by atoms with Gasteiger partial charge in [0.2, 0.25) is 0 Å². The van der Waals surface area contributed by atoms with Gasteiger partial charge in [0.05, 0.1) is 27.5 Å². The van der Waals surface area contributed by atoms with Gasteiger partial charge in [-0.05, 0) is 24.3 Å². The van der Waals surface area contributed by atoms with E-state index in [9.17, 15) is 22.8 Å². The zero-order valence-electron chi connectivity index (χ0n) is 18.5. The average molecular weight is 533 g/mol. The molecule has 4 aromatic heterocycles. The number of anilines is 1. The van der Waals surface area contributed by atoms with Crippen molar-refractivity contribution in [2.75, 3.05) is 5.32 Å². The number of thiazole rings is 1. The molecule has 184 valence electrons. The summed E-state index contributed by atoms with van der Waals surface area (Å²) < 4.78 is 39.1. The lowest BCUT2D eigenvalue weighted by Gasteiger charge is -2.10. The molecule has 0 aliphatic heterocycles. The molecule has 4 heterocycles. The summed E-state index contributed by atoms with van der Waals surface area (Å²) in [6.07, 6.45) is 2.05. The number of carbonyl (C=O) groups is 2. The third-order valence-corrected chi connectivity index (χ3v) is 6.52. The molecule has 1 amide bonds. The lowest BCUT2D eigenvalue weighted by Crippen LogP contribution is -2.13. The highest BCUT2D eigenvalue weighted by Gasteiger charge is 2.34. The fraction of sp³-hybridized carbons (Fsp3) is 0.174. The van der Waals surface area contributed by atoms with Crippen LogP contribution in [0.2, 0.25) is 5.02 Å². The number of alkyl halides is 3. The molecular weight excluding hydrogens is 517 g/mol. The van der Waals surface area contributed by atoms with Crippen molar-refractivity contribution in [2.45, 2.75) is 25.4 Å². The number of hydrogen-bond acceptors (Lipinski definition) is 8. The second kappa shape index (κ2) is 10.5. The summed E-state index contributed by atoms with van der Waals surface area (Å²) in [5.74, 6) is -1.55. The van der Waals surface area contributed by atoms with E-state index >= 15 is 0 Å². The number of ketones is 1. The summed E-state index contributed by atoms with van der Waals surface area (Å²) in [6.45, 7) is 1.78. The van der Waals surface area contributed by atoms with Gasteiger partial charge in [-0.15, -0.1) is 11.3 Å². The lowest BCUT2D eigenvalue weighted by molar-refractivity contribution is -0.137. The van der Waals surface area contributed by atoms with Crippen molar-refractivity contribution in [1.82, 2.24) is 24.9 Å². The Bertz CT molecular complexity index is 1410. The third kappa shape index (κ3) is 5.89. The van der Waals surface area contributed by atoms with Gasteiger partial charge in [0.25, 0.3) is 5.91 Å². The number of halogens is 4. The summed E-state index contributed by atoms with van der Waals surface area (Å²) >= 11 is 6.58. The van der Waals surface area contributed by atoms with E-state index in [-0.39, 0.29) is 34.5 Å². The summed E-state index contributed by atoms with van der Waals surface area (Å²) in [4.78, 5) is 45.6. The molecule has 0 aliphatic carbocycles. The Balaban J connectivity index is 1.43. The van der Waals surface area contributed by atoms with Crippen LogP contribution in [0.3, 0.4) is 0 Å². The fourth-order valence-corrected chi connectivity index (χ4v) is 4.26. The van der Waals surface area contributed by atoms with E-state index in [0.717, 1.165) is 23.1 Å². The van der Waals surface area contributed by atoms with Crippen LogP contribution in [0.5, 0.6) is 0 Å². The number of nitrogens with one attached hydrogen (secondary N) is 1. The number of Topliss-reactive ketones (excluding diaryl/α,β-unsaturated/α-hetero) is 1. The predicted molar refractivity (Wildman–Crippen MR) is 127 cm³/mol. The molecule has 36 heavy (non-hydrogen) atoms. The smallest absolute Gasteiger partial charge is 0.306 e. The molecule has 0 aromatic carbocycles. The standard InChI is InChI=1S/C23H16ClF3N6O2S/c1-12(6-18(34)17-8-16(31-11-32-17)13-2-4-28-5-3-13)22-30-10-19(36-22)21(35)33-20-7-14(23(25,26)27)15(24)9-29-20/h2-5,7-12H,6H2,1H3,(H,29,33,35)/t12-/m1/s1. The van der Waals surface area contributed by atoms with E-state index in [1.165, 1.54) is 12.5 Å². The van der Waals surface area contributed by atoms with Crippen LogP contribution in [0.25, 0.3) is 11.3 Å². The van der Waals surface area contributed by atoms with Crippen LogP contribution in [0, 0.1) is 0 Å². The lowest BCUT2D eigenvalue weighted by atomic mass is 10.0. The maximum Gasteiger partial charge on any atom is 0.418 e. The Hall–Kier alpha value is -3.77. The quantitative estimate of drug-likeness (QED) is 0.304. The Morgan fingerprint density at radius 3 is 2.56 bits per heavy atom. The molecule has 13 heteroatoms. The van der Waals surface area contributed by atoms with Gasteiger partial charge in [0.1, 0.15) is 22.7 Å². The minimum absolute atomic E-state index is 0.0784. The van der Waals surface area contributed by atoms with E-state index in [1.54, 1.807) is 37.5 Å². The summed E-state index contributed by atoms with van der Waals surface area (Å²) in [6, 6.07) is 5.79. The Morgan fingerprint density at radius 2 is 1.83 bits per heavy atom. The molecule has 0 radical (unpaired) electrons. The van der Waals surface area contributed by atoms with Crippen LogP contribution in [-0.2, 0) is 6.18 Å². The van der Waals surface area contributed by atoms with E-state index in [2.05, 4.69) is 30.2 Å². The molecule has 1 atom stereocenters. The number of nitrogens with zero attached hydrogens (tertiary/aromatic N) is 5. The van der Waals surface area contributed by atoms with Crippen molar-refractivity contribution in [3.8, 4) is 11.3 Å². The monoisotopic (exact) mass is 532 g/mol. The van der Waals surface area contributed by atoms with E-state index < -0.39 is 22.7 Å². The summed E-state index contributed by atoms with van der Waals surface area (Å²) in [5.41, 5.74) is 0.513. The maximum atomic E-state index is 13.0. The second-order valence-corrected chi connectivity index (χ2v) is 9.09. The van der Waals surface area contributed by atoms with Crippen LogP contribution in [0.1, 0.15) is 50.0 Å². The fourth-order valence-electron chi connectivity index (χ4n) is 3.18. The molecule has 8 nitrogen and oxygen atoms in total. The number of carbonyl (C=O) groups excluding carboxylic acids is 2. The van der Waals surface area contributed by atoms with Crippen LogP contribution >= 0.6 is 22.9 Å². The van der Waals surface area contributed by atoms with Crippen molar-refractivity contribution in [2.24, 2.45) is 0 Å². The number of amides is 1. The van der Waals surface area contributed by atoms with Gasteiger partial charge in [0.15, 0.2) is 5.78 Å². The molecule has 0 aliphatic rings. The number of aromatic nitrogens is 5. The molecule has 0 unspecified atom stereocenters. The first-order chi connectivity index (χ1) is 17.1.